The van der Waals surface area contributed by atoms with Crippen molar-refractivity contribution < 1.29 is 9.63 Å². The maximum absolute atomic E-state index is 13.7. The fraction of sp³-hybridized carbons (Fsp3) is 0.696. The summed E-state index contributed by atoms with van der Waals surface area (Å²) < 4.78 is 0. The number of hydroxylamine groups is 2. The average Bonchev–Trinajstić information content (AvgIpc) is 2.67. The molecule has 152 valence electrons. The molecule has 1 aliphatic rings. The van der Waals surface area contributed by atoms with Crippen LogP contribution in [0.3, 0.4) is 0 Å². The molecule has 0 aromatic heterocycles. The monoisotopic (exact) mass is 374 g/mol. The molecule has 1 saturated heterocycles. The van der Waals surface area contributed by atoms with E-state index in [1.165, 1.54) is 0 Å². The third-order valence-corrected chi connectivity index (χ3v) is 6.41. The summed E-state index contributed by atoms with van der Waals surface area (Å²) in [6.07, 6.45) is 3.37. The lowest BCUT2D eigenvalue weighted by atomic mass is 9.77. The lowest BCUT2D eigenvalue weighted by molar-refractivity contribution is -0.307. The molecule has 2 rings (SSSR count). The smallest absolute Gasteiger partial charge is 0.245 e. The molecule has 1 aliphatic heterocycles. The molecule has 1 fully saturated rings. The predicted octanol–water partition coefficient (Wildman–Crippen LogP) is 5.18. The van der Waals surface area contributed by atoms with E-state index in [2.05, 4.69) is 70.6 Å². The quantitative estimate of drug-likeness (QED) is 0.659. The molecule has 0 aliphatic carbocycles. The van der Waals surface area contributed by atoms with Gasteiger partial charge in [0.15, 0.2) is 0 Å². The summed E-state index contributed by atoms with van der Waals surface area (Å²) in [6.45, 7) is 16.3. The third-order valence-electron chi connectivity index (χ3n) is 6.41. The van der Waals surface area contributed by atoms with Crippen LogP contribution in [0.15, 0.2) is 30.3 Å². The van der Waals surface area contributed by atoms with Gasteiger partial charge in [0.25, 0.3) is 0 Å². The van der Waals surface area contributed by atoms with E-state index in [-0.39, 0.29) is 17.0 Å². The molecule has 27 heavy (non-hydrogen) atoms. The molecule has 4 heteroatoms. The Labute approximate surface area is 165 Å². The van der Waals surface area contributed by atoms with Gasteiger partial charge in [0.1, 0.15) is 5.54 Å². The summed E-state index contributed by atoms with van der Waals surface area (Å²) in [7, 11) is 0. The van der Waals surface area contributed by atoms with Crippen molar-refractivity contribution in [3.63, 3.8) is 0 Å². The molecule has 0 N–H and O–H groups in total. The highest BCUT2D eigenvalue weighted by molar-refractivity contribution is 5.88. The lowest BCUT2D eigenvalue weighted by Crippen LogP contribution is -2.76. The van der Waals surface area contributed by atoms with Crippen LogP contribution in [0.2, 0.25) is 0 Å². The van der Waals surface area contributed by atoms with Crippen molar-refractivity contribution in [3.8, 4) is 0 Å². The van der Waals surface area contributed by atoms with Crippen molar-refractivity contribution in [1.82, 2.24) is 9.96 Å². The number of carbonyl (C=O) groups is 1. The van der Waals surface area contributed by atoms with E-state index in [9.17, 15) is 4.79 Å². The Hall–Kier alpha value is -1.39. The molecule has 1 aromatic rings. The summed E-state index contributed by atoms with van der Waals surface area (Å²) in [5.74, 6) is 0.200. The van der Waals surface area contributed by atoms with Crippen molar-refractivity contribution in [2.75, 3.05) is 6.54 Å². The molecular formula is C23H38N2O2. The van der Waals surface area contributed by atoms with Crippen LogP contribution < -0.4 is 0 Å². The molecule has 1 heterocycles. The van der Waals surface area contributed by atoms with Crippen LogP contribution in [0.5, 0.6) is 0 Å². The number of hydrogen-bond acceptors (Lipinski definition) is 3. The van der Waals surface area contributed by atoms with Crippen LogP contribution >= 0.6 is 0 Å². The van der Waals surface area contributed by atoms with Gasteiger partial charge >= 0.3 is 0 Å². The van der Waals surface area contributed by atoms with Crippen LogP contribution in [0.4, 0.5) is 0 Å². The Morgan fingerprint density at radius 3 is 1.96 bits per heavy atom. The summed E-state index contributed by atoms with van der Waals surface area (Å²) >= 11 is 0. The summed E-state index contributed by atoms with van der Waals surface area (Å²) in [4.78, 5) is 22.3. The Balaban J connectivity index is 2.48. The first-order valence-corrected chi connectivity index (χ1v) is 10.5. The minimum atomic E-state index is -0.619. The Morgan fingerprint density at radius 2 is 1.52 bits per heavy atom. The first-order chi connectivity index (χ1) is 12.7. The predicted molar refractivity (Wildman–Crippen MR) is 111 cm³/mol. The molecule has 0 spiro atoms. The van der Waals surface area contributed by atoms with Crippen LogP contribution in [0.1, 0.15) is 79.7 Å². The molecular weight excluding hydrogens is 336 g/mol. The van der Waals surface area contributed by atoms with Crippen LogP contribution in [0.25, 0.3) is 0 Å². The van der Waals surface area contributed by atoms with Gasteiger partial charge in [-0.05, 0) is 52.0 Å². The highest BCUT2D eigenvalue weighted by Crippen LogP contribution is 2.44. The van der Waals surface area contributed by atoms with Crippen molar-refractivity contribution in [2.24, 2.45) is 0 Å². The second kappa shape index (κ2) is 8.32. The van der Waals surface area contributed by atoms with Gasteiger partial charge in [-0.1, -0.05) is 58.0 Å². The molecule has 0 saturated carbocycles. The zero-order valence-corrected chi connectivity index (χ0v) is 18.3. The number of piperazine rings is 1. The van der Waals surface area contributed by atoms with Crippen LogP contribution in [0, 0.1) is 0 Å². The van der Waals surface area contributed by atoms with Crippen molar-refractivity contribution >= 4 is 5.91 Å². The molecule has 0 radical (unpaired) electrons. The minimum absolute atomic E-state index is 0.179. The number of amides is 1. The summed E-state index contributed by atoms with van der Waals surface area (Å²) in [5.41, 5.74) is 0.132. The first-order valence-electron chi connectivity index (χ1n) is 10.5. The van der Waals surface area contributed by atoms with Crippen molar-refractivity contribution in [3.05, 3.63) is 35.9 Å². The summed E-state index contributed by atoms with van der Waals surface area (Å²) in [5, 5.41) is 2.11. The highest BCUT2D eigenvalue weighted by Gasteiger charge is 2.59. The van der Waals surface area contributed by atoms with E-state index in [1.807, 2.05) is 18.2 Å². The van der Waals surface area contributed by atoms with Crippen LogP contribution in [-0.2, 0) is 16.2 Å². The molecule has 4 nitrogen and oxygen atoms in total. The second-order valence-corrected chi connectivity index (χ2v) is 8.79. The summed E-state index contributed by atoms with van der Waals surface area (Å²) in [6, 6.07) is 10.2. The Morgan fingerprint density at radius 1 is 0.963 bits per heavy atom. The lowest BCUT2D eigenvalue weighted by Gasteiger charge is -2.60. The van der Waals surface area contributed by atoms with Gasteiger partial charge in [-0.25, -0.2) is 0 Å². The molecule has 0 atom stereocenters. The fourth-order valence-electron chi connectivity index (χ4n) is 4.34. The van der Waals surface area contributed by atoms with Crippen molar-refractivity contribution in [1.29, 1.82) is 0 Å². The third kappa shape index (κ3) is 3.93. The largest absolute Gasteiger partial charge is 0.334 e. The zero-order chi connectivity index (χ0) is 20.3. The van der Waals surface area contributed by atoms with Gasteiger partial charge in [0.05, 0.1) is 12.1 Å². The molecule has 0 unspecified atom stereocenters. The normalized spacial score (nSPS) is 20.1. The second-order valence-electron chi connectivity index (χ2n) is 8.79. The number of nitrogens with zero attached hydrogens (tertiary/aromatic N) is 2. The highest BCUT2D eigenvalue weighted by atomic mass is 16.7. The van der Waals surface area contributed by atoms with E-state index in [0.717, 1.165) is 31.2 Å². The van der Waals surface area contributed by atoms with E-state index in [4.69, 9.17) is 4.84 Å². The van der Waals surface area contributed by atoms with Gasteiger partial charge in [0, 0.05) is 12.1 Å². The topological polar surface area (TPSA) is 32.8 Å². The van der Waals surface area contributed by atoms with Gasteiger partial charge in [-0.3, -0.25) is 9.63 Å². The average molecular weight is 375 g/mol. The van der Waals surface area contributed by atoms with E-state index < -0.39 is 5.54 Å². The molecule has 1 amide bonds. The van der Waals surface area contributed by atoms with Gasteiger partial charge in [-0.2, -0.15) is 5.06 Å². The maximum atomic E-state index is 13.7. The van der Waals surface area contributed by atoms with E-state index in [0.29, 0.717) is 13.2 Å². The molecule has 1 aromatic carbocycles. The minimum Gasteiger partial charge on any atom is -0.334 e. The molecule has 0 bridgehead atoms. The van der Waals surface area contributed by atoms with Gasteiger partial charge < -0.3 is 4.90 Å². The van der Waals surface area contributed by atoms with Gasteiger partial charge in [-0.15, -0.1) is 0 Å². The number of rotatable bonds is 7. The fourth-order valence-corrected chi connectivity index (χ4v) is 4.34. The van der Waals surface area contributed by atoms with E-state index >= 15 is 0 Å². The van der Waals surface area contributed by atoms with Crippen molar-refractivity contribution in [2.45, 2.75) is 97.4 Å². The SMILES string of the molecule is CCC1(CC)CN(C(C)(C)C)C(=O)C(CC)(CC)N1OCc1ccccc1. The number of benzene rings is 1. The Kier molecular flexibility index (Phi) is 6.75. The van der Waals surface area contributed by atoms with Gasteiger partial charge in [0.2, 0.25) is 5.91 Å². The Bertz CT molecular complexity index is 613. The van der Waals surface area contributed by atoms with Crippen LogP contribution in [-0.4, -0.2) is 39.0 Å². The maximum Gasteiger partial charge on any atom is 0.245 e. The standard InChI is InChI=1S/C23H38N2O2/c1-8-22(9-2)18-24(21(5,6)7)20(26)23(10-3,11-4)25(22)27-17-19-15-13-12-14-16-19/h12-16H,8-11,17-18H2,1-7H3. The first kappa shape index (κ1) is 21.9. The number of hydrogen-bond donors (Lipinski definition) is 0. The zero-order valence-electron chi connectivity index (χ0n) is 18.3. The number of carbonyl (C=O) groups excluding carboxylic acids is 1. The van der Waals surface area contributed by atoms with E-state index in [1.54, 1.807) is 0 Å².